The number of nitriles is 1. The van der Waals surface area contributed by atoms with Gasteiger partial charge in [0.15, 0.2) is 0 Å². The van der Waals surface area contributed by atoms with Crippen LogP contribution in [0.5, 0.6) is 0 Å². The first kappa shape index (κ1) is 14.4. The van der Waals surface area contributed by atoms with E-state index in [0.717, 1.165) is 52.5 Å². The van der Waals surface area contributed by atoms with E-state index in [0.29, 0.717) is 6.42 Å². The predicted molar refractivity (Wildman–Crippen MR) is 68.8 cm³/mol. The van der Waals surface area contributed by atoms with Crippen molar-refractivity contribution in [3.05, 3.63) is 0 Å². The number of morpholine rings is 1. The van der Waals surface area contributed by atoms with Crippen molar-refractivity contribution in [3.8, 4) is 6.07 Å². The molecule has 0 N–H and O–H groups in total. The highest BCUT2D eigenvalue weighted by Crippen LogP contribution is 2.00. The van der Waals surface area contributed by atoms with Crippen LogP contribution in [0.2, 0.25) is 0 Å². The third kappa shape index (κ3) is 6.62. The summed E-state index contributed by atoms with van der Waals surface area (Å²) in [6, 6.07) is 2.24. The lowest BCUT2D eigenvalue weighted by Crippen LogP contribution is -2.41. The van der Waals surface area contributed by atoms with Gasteiger partial charge in [-0.05, 0) is 13.0 Å². The van der Waals surface area contributed by atoms with Gasteiger partial charge in [0.05, 0.1) is 19.3 Å². The highest BCUT2D eigenvalue weighted by Gasteiger charge is 2.11. The van der Waals surface area contributed by atoms with Crippen molar-refractivity contribution < 1.29 is 4.74 Å². The quantitative estimate of drug-likeness (QED) is 0.641. The van der Waals surface area contributed by atoms with Crippen LogP contribution in [0, 0.1) is 11.3 Å². The molecule has 0 aliphatic carbocycles. The van der Waals surface area contributed by atoms with Crippen molar-refractivity contribution in [3.63, 3.8) is 0 Å². The Kier molecular flexibility index (Phi) is 7.98. The Morgan fingerprint density at radius 2 is 2.00 bits per heavy atom. The van der Waals surface area contributed by atoms with Gasteiger partial charge in [-0.15, -0.1) is 0 Å². The lowest BCUT2D eigenvalue weighted by atomic mass is 10.3. The van der Waals surface area contributed by atoms with Crippen LogP contribution in [0.1, 0.15) is 26.2 Å². The molecule has 0 spiro atoms. The lowest BCUT2D eigenvalue weighted by Gasteiger charge is -2.29. The minimum Gasteiger partial charge on any atom is -0.379 e. The molecule has 1 fully saturated rings. The minimum atomic E-state index is 0.646. The van der Waals surface area contributed by atoms with Gasteiger partial charge in [-0.2, -0.15) is 5.26 Å². The zero-order valence-electron chi connectivity index (χ0n) is 11.0. The van der Waals surface area contributed by atoms with Crippen LogP contribution in [0.25, 0.3) is 0 Å². The largest absolute Gasteiger partial charge is 0.379 e. The third-order valence-electron chi connectivity index (χ3n) is 3.20. The lowest BCUT2D eigenvalue weighted by molar-refractivity contribution is 0.0334. The summed E-state index contributed by atoms with van der Waals surface area (Å²) in [6.45, 7) is 10.3. The molecule has 4 nitrogen and oxygen atoms in total. The summed E-state index contributed by atoms with van der Waals surface area (Å²) < 4.78 is 5.34. The van der Waals surface area contributed by atoms with E-state index in [1.165, 1.54) is 12.8 Å². The van der Waals surface area contributed by atoms with Gasteiger partial charge in [-0.25, -0.2) is 0 Å². The summed E-state index contributed by atoms with van der Waals surface area (Å²) >= 11 is 0. The smallest absolute Gasteiger partial charge is 0.0635 e. The maximum absolute atomic E-state index is 8.65. The normalized spacial score (nSPS) is 17.2. The van der Waals surface area contributed by atoms with Crippen molar-refractivity contribution >= 4 is 0 Å². The summed E-state index contributed by atoms with van der Waals surface area (Å²) in [4.78, 5) is 4.87. The van der Waals surface area contributed by atoms with Gasteiger partial charge in [-0.1, -0.05) is 13.3 Å². The maximum Gasteiger partial charge on any atom is 0.0635 e. The fourth-order valence-electron chi connectivity index (χ4n) is 2.03. The van der Waals surface area contributed by atoms with E-state index in [9.17, 15) is 0 Å². The van der Waals surface area contributed by atoms with Crippen LogP contribution in [0.3, 0.4) is 0 Å². The highest BCUT2D eigenvalue weighted by molar-refractivity contribution is 4.73. The zero-order chi connectivity index (χ0) is 12.3. The topological polar surface area (TPSA) is 39.5 Å². The number of unbranched alkanes of at least 4 members (excludes halogenated alkanes) is 1. The molecule has 0 amide bonds. The second-order valence-corrected chi connectivity index (χ2v) is 4.56. The second-order valence-electron chi connectivity index (χ2n) is 4.56. The van der Waals surface area contributed by atoms with Gasteiger partial charge in [0, 0.05) is 39.1 Å². The van der Waals surface area contributed by atoms with Crippen molar-refractivity contribution in [1.29, 1.82) is 5.26 Å². The summed E-state index contributed by atoms with van der Waals surface area (Å²) in [5.74, 6) is 0. The number of rotatable bonds is 8. The fourth-order valence-corrected chi connectivity index (χ4v) is 2.03. The number of hydrogen-bond donors (Lipinski definition) is 0. The van der Waals surface area contributed by atoms with Gasteiger partial charge in [0.1, 0.15) is 0 Å². The summed E-state index contributed by atoms with van der Waals surface area (Å²) in [7, 11) is 0. The van der Waals surface area contributed by atoms with E-state index in [1.54, 1.807) is 0 Å². The van der Waals surface area contributed by atoms with E-state index in [2.05, 4.69) is 22.8 Å². The Labute approximate surface area is 105 Å². The molecule has 0 radical (unpaired) electrons. The molecule has 1 saturated heterocycles. The molecule has 1 heterocycles. The molecule has 0 bridgehead atoms. The van der Waals surface area contributed by atoms with E-state index in [-0.39, 0.29) is 0 Å². The van der Waals surface area contributed by atoms with E-state index >= 15 is 0 Å². The molecule has 1 rings (SSSR count). The Morgan fingerprint density at radius 1 is 1.24 bits per heavy atom. The molecule has 0 aromatic carbocycles. The van der Waals surface area contributed by atoms with Crippen LogP contribution in [-0.2, 0) is 4.74 Å². The minimum absolute atomic E-state index is 0.646. The molecular formula is C13H25N3O. The zero-order valence-corrected chi connectivity index (χ0v) is 11.0. The van der Waals surface area contributed by atoms with Gasteiger partial charge in [-0.3, -0.25) is 4.90 Å². The van der Waals surface area contributed by atoms with Crippen LogP contribution in [-0.4, -0.2) is 62.3 Å². The summed E-state index contributed by atoms with van der Waals surface area (Å²) in [5, 5.41) is 8.65. The molecule has 1 aliphatic rings. The van der Waals surface area contributed by atoms with Gasteiger partial charge < -0.3 is 9.64 Å². The molecule has 1 aliphatic heterocycles. The average Bonchev–Trinajstić information content (AvgIpc) is 2.39. The van der Waals surface area contributed by atoms with Crippen LogP contribution in [0.4, 0.5) is 0 Å². The van der Waals surface area contributed by atoms with Crippen LogP contribution < -0.4 is 0 Å². The SMILES string of the molecule is CCCCN(CCC#N)CCN1CCOCC1. The second kappa shape index (κ2) is 9.41. The van der Waals surface area contributed by atoms with Crippen molar-refractivity contribution in [1.82, 2.24) is 9.80 Å². The predicted octanol–water partition coefficient (Wildman–Crippen LogP) is 1.33. The molecule has 4 heteroatoms. The maximum atomic E-state index is 8.65. The standard InChI is InChI=1S/C13H25N3O/c1-2-3-6-15(7-4-5-14)8-9-16-10-12-17-13-11-16/h2-4,6-13H2,1H3. The summed E-state index contributed by atoms with van der Waals surface area (Å²) in [5.41, 5.74) is 0. The van der Waals surface area contributed by atoms with Crippen molar-refractivity contribution in [2.45, 2.75) is 26.2 Å². The Morgan fingerprint density at radius 3 is 2.65 bits per heavy atom. The van der Waals surface area contributed by atoms with Gasteiger partial charge in [0.2, 0.25) is 0 Å². The molecule has 0 aromatic rings. The first-order valence-corrected chi connectivity index (χ1v) is 6.76. The molecular weight excluding hydrogens is 214 g/mol. The number of hydrogen-bond acceptors (Lipinski definition) is 4. The first-order valence-electron chi connectivity index (χ1n) is 6.76. The number of nitrogens with zero attached hydrogens (tertiary/aromatic N) is 3. The molecule has 17 heavy (non-hydrogen) atoms. The Hall–Kier alpha value is -0.630. The third-order valence-corrected chi connectivity index (χ3v) is 3.20. The van der Waals surface area contributed by atoms with E-state index in [1.807, 2.05) is 0 Å². The van der Waals surface area contributed by atoms with Crippen molar-refractivity contribution in [2.75, 3.05) is 52.5 Å². The number of ether oxygens (including phenoxy) is 1. The van der Waals surface area contributed by atoms with Gasteiger partial charge >= 0.3 is 0 Å². The summed E-state index contributed by atoms with van der Waals surface area (Å²) in [6.07, 6.45) is 3.10. The van der Waals surface area contributed by atoms with E-state index < -0.39 is 0 Å². The van der Waals surface area contributed by atoms with Crippen LogP contribution in [0.15, 0.2) is 0 Å². The molecule has 98 valence electrons. The molecule has 0 unspecified atom stereocenters. The molecule has 0 saturated carbocycles. The molecule has 0 aromatic heterocycles. The molecule has 0 atom stereocenters. The fraction of sp³-hybridized carbons (Fsp3) is 0.923. The van der Waals surface area contributed by atoms with E-state index in [4.69, 9.17) is 10.00 Å². The Bertz CT molecular complexity index is 221. The van der Waals surface area contributed by atoms with Gasteiger partial charge in [0.25, 0.3) is 0 Å². The van der Waals surface area contributed by atoms with Crippen molar-refractivity contribution in [2.24, 2.45) is 0 Å². The Balaban J connectivity index is 2.18. The van der Waals surface area contributed by atoms with Crippen LogP contribution >= 0.6 is 0 Å². The first-order chi connectivity index (χ1) is 8.36. The average molecular weight is 239 g/mol. The monoisotopic (exact) mass is 239 g/mol. The highest BCUT2D eigenvalue weighted by atomic mass is 16.5.